The first-order valence-corrected chi connectivity index (χ1v) is 7.30. The van der Waals surface area contributed by atoms with Crippen LogP contribution in [0.5, 0.6) is 0 Å². The fourth-order valence-electron chi connectivity index (χ4n) is 3.59. The number of fused-ring (bicyclic) bond motifs is 2. The van der Waals surface area contributed by atoms with Crippen molar-refractivity contribution in [2.24, 2.45) is 0 Å². The highest BCUT2D eigenvalue weighted by Crippen LogP contribution is 2.30. The van der Waals surface area contributed by atoms with Crippen molar-refractivity contribution in [3.63, 3.8) is 0 Å². The highest BCUT2D eigenvalue weighted by atomic mass is 19.1. The smallest absolute Gasteiger partial charge is 0.123 e. The Morgan fingerprint density at radius 3 is 2.70 bits per heavy atom. The zero-order valence-electron chi connectivity index (χ0n) is 11.8. The van der Waals surface area contributed by atoms with Gasteiger partial charge in [-0.05, 0) is 56.5 Å². The Hall–Kier alpha value is -1.44. The molecule has 2 saturated heterocycles. The summed E-state index contributed by atoms with van der Waals surface area (Å²) in [7, 11) is 2.08. The van der Waals surface area contributed by atoms with Gasteiger partial charge in [-0.15, -0.1) is 0 Å². The van der Waals surface area contributed by atoms with E-state index in [0.29, 0.717) is 30.2 Å². The molecule has 2 fully saturated rings. The fourth-order valence-corrected chi connectivity index (χ4v) is 3.59. The van der Waals surface area contributed by atoms with Gasteiger partial charge in [-0.3, -0.25) is 4.90 Å². The van der Waals surface area contributed by atoms with Crippen LogP contribution < -0.4 is 5.32 Å². The third-order valence-electron chi connectivity index (χ3n) is 4.68. The van der Waals surface area contributed by atoms with Gasteiger partial charge in [-0.2, -0.15) is 5.26 Å². The van der Waals surface area contributed by atoms with E-state index in [1.54, 1.807) is 6.07 Å². The van der Waals surface area contributed by atoms with Crippen LogP contribution in [0.1, 0.15) is 36.8 Å². The lowest BCUT2D eigenvalue weighted by Gasteiger charge is -2.35. The first kappa shape index (κ1) is 13.5. The summed E-state index contributed by atoms with van der Waals surface area (Å²) in [5.74, 6) is -0.266. The van der Waals surface area contributed by atoms with Crippen molar-refractivity contribution >= 4 is 0 Å². The van der Waals surface area contributed by atoms with Gasteiger partial charge in [0.15, 0.2) is 0 Å². The van der Waals surface area contributed by atoms with E-state index < -0.39 is 0 Å². The molecular weight excluding hydrogens is 253 g/mol. The number of nitrogens with zero attached hydrogens (tertiary/aromatic N) is 2. The van der Waals surface area contributed by atoms with Crippen LogP contribution in [0.4, 0.5) is 4.39 Å². The Kier molecular flexibility index (Phi) is 3.73. The molecule has 3 rings (SSSR count). The number of halogens is 1. The van der Waals surface area contributed by atoms with Crippen molar-refractivity contribution in [3.8, 4) is 6.07 Å². The quantitative estimate of drug-likeness (QED) is 0.919. The molecule has 2 unspecified atom stereocenters. The SMILES string of the molecule is CN(Cc1cc(F)ccc1C#N)C1CC2CCC(C1)N2. The monoisotopic (exact) mass is 273 g/mol. The van der Waals surface area contributed by atoms with E-state index in [1.807, 2.05) is 0 Å². The number of hydrogen-bond donors (Lipinski definition) is 1. The average Bonchev–Trinajstić information content (AvgIpc) is 2.77. The van der Waals surface area contributed by atoms with Gasteiger partial charge < -0.3 is 5.32 Å². The van der Waals surface area contributed by atoms with E-state index in [4.69, 9.17) is 5.26 Å². The van der Waals surface area contributed by atoms with Gasteiger partial charge >= 0.3 is 0 Å². The summed E-state index contributed by atoms with van der Waals surface area (Å²) in [6.45, 7) is 0.644. The Balaban J connectivity index is 1.71. The normalized spacial score (nSPS) is 28.6. The summed E-state index contributed by atoms with van der Waals surface area (Å²) in [4.78, 5) is 2.28. The second-order valence-electron chi connectivity index (χ2n) is 6.09. The lowest BCUT2D eigenvalue weighted by molar-refractivity contribution is 0.165. The molecule has 20 heavy (non-hydrogen) atoms. The number of hydrogen-bond acceptors (Lipinski definition) is 3. The average molecular weight is 273 g/mol. The van der Waals surface area contributed by atoms with Crippen molar-refractivity contribution in [1.82, 2.24) is 10.2 Å². The molecule has 2 aliphatic heterocycles. The molecule has 0 aliphatic carbocycles. The van der Waals surface area contributed by atoms with Gasteiger partial charge in [0.25, 0.3) is 0 Å². The molecular formula is C16H20FN3. The molecule has 0 aromatic heterocycles. The van der Waals surface area contributed by atoms with Crippen LogP contribution in [-0.4, -0.2) is 30.1 Å². The lowest BCUT2D eigenvalue weighted by atomic mass is 9.97. The molecule has 2 aliphatic rings. The first-order chi connectivity index (χ1) is 9.65. The minimum Gasteiger partial charge on any atom is -0.311 e. The molecule has 106 valence electrons. The van der Waals surface area contributed by atoms with E-state index in [1.165, 1.54) is 25.0 Å². The molecule has 1 aromatic rings. The van der Waals surface area contributed by atoms with Gasteiger partial charge in [0, 0.05) is 24.7 Å². The molecule has 4 heteroatoms. The lowest BCUT2D eigenvalue weighted by Crippen LogP contribution is -2.46. The summed E-state index contributed by atoms with van der Waals surface area (Å²) in [5, 5.41) is 12.8. The number of rotatable bonds is 3. The standard InChI is InChI=1S/C16H20FN3/c1-20(16-7-14-4-5-15(8-16)19-14)10-12-6-13(17)3-2-11(12)9-18/h2-3,6,14-16,19H,4-5,7-8,10H2,1H3. The Labute approximate surface area is 119 Å². The second-order valence-corrected chi connectivity index (χ2v) is 6.09. The topological polar surface area (TPSA) is 39.1 Å². The molecule has 0 amide bonds. The first-order valence-electron chi connectivity index (χ1n) is 7.30. The minimum atomic E-state index is -0.266. The Morgan fingerprint density at radius 2 is 2.05 bits per heavy atom. The van der Waals surface area contributed by atoms with Gasteiger partial charge in [0.05, 0.1) is 11.6 Å². The predicted octanol–water partition coefficient (Wildman–Crippen LogP) is 2.41. The number of nitrogens with one attached hydrogen (secondary N) is 1. The molecule has 1 aromatic carbocycles. The van der Waals surface area contributed by atoms with Crippen molar-refractivity contribution in [3.05, 3.63) is 35.1 Å². The predicted molar refractivity (Wildman–Crippen MR) is 75.5 cm³/mol. The van der Waals surface area contributed by atoms with E-state index in [-0.39, 0.29) is 5.82 Å². The number of nitriles is 1. The zero-order valence-corrected chi connectivity index (χ0v) is 11.8. The van der Waals surface area contributed by atoms with Crippen molar-refractivity contribution < 1.29 is 4.39 Å². The van der Waals surface area contributed by atoms with Gasteiger partial charge in [0.1, 0.15) is 5.82 Å². The molecule has 2 atom stereocenters. The van der Waals surface area contributed by atoms with Gasteiger partial charge in [-0.1, -0.05) is 0 Å². The molecule has 0 spiro atoms. The highest BCUT2D eigenvalue weighted by Gasteiger charge is 2.35. The Bertz CT molecular complexity index is 525. The van der Waals surface area contributed by atoms with E-state index in [2.05, 4.69) is 23.3 Å². The van der Waals surface area contributed by atoms with Gasteiger partial charge in [0.2, 0.25) is 0 Å². The maximum atomic E-state index is 13.4. The van der Waals surface area contributed by atoms with Crippen LogP contribution >= 0.6 is 0 Å². The number of piperidine rings is 1. The van der Waals surface area contributed by atoms with Crippen LogP contribution in [0.25, 0.3) is 0 Å². The van der Waals surface area contributed by atoms with E-state index in [9.17, 15) is 4.39 Å². The summed E-state index contributed by atoms with van der Waals surface area (Å²) in [6.07, 6.45) is 4.87. The van der Waals surface area contributed by atoms with Crippen LogP contribution in [0.2, 0.25) is 0 Å². The maximum Gasteiger partial charge on any atom is 0.123 e. The maximum absolute atomic E-state index is 13.4. The second kappa shape index (κ2) is 5.51. The third kappa shape index (κ3) is 2.70. The third-order valence-corrected chi connectivity index (χ3v) is 4.68. The van der Waals surface area contributed by atoms with E-state index >= 15 is 0 Å². The van der Waals surface area contributed by atoms with Crippen molar-refractivity contribution in [2.45, 2.75) is 50.4 Å². The largest absolute Gasteiger partial charge is 0.311 e. The van der Waals surface area contributed by atoms with E-state index in [0.717, 1.165) is 18.4 Å². The summed E-state index contributed by atoms with van der Waals surface area (Å²) in [6, 6.07) is 8.39. The van der Waals surface area contributed by atoms with Crippen molar-refractivity contribution in [1.29, 1.82) is 5.26 Å². The summed E-state index contributed by atoms with van der Waals surface area (Å²) >= 11 is 0. The van der Waals surface area contributed by atoms with Gasteiger partial charge in [-0.25, -0.2) is 4.39 Å². The minimum absolute atomic E-state index is 0.266. The summed E-state index contributed by atoms with van der Waals surface area (Å²) in [5.41, 5.74) is 1.37. The Morgan fingerprint density at radius 1 is 1.35 bits per heavy atom. The molecule has 0 radical (unpaired) electrons. The van der Waals surface area contributed by atoms with Crippen LogP contribution in [0.15, 0.2) is 18.2 Å². The molecule has 3 nitrogen and oxygen atoms in total. The molecule has 2 bridgehead atoms. The zero-order chi connectivity index (χ0) is 14.1. The number of benzene rings is 1. The molecule has 1 N–H and O–H groups in total. The van der Waals surface area contributed by atoms with Crippen molar-refractivity contribution in [2.75, 3.05) is 7.05 Å². The van der Waals surface area contributed by atoms with Crippen LogP contribution in [-0.2, 0) is 6.54 Å². The summed E-state index contributed by atoms with van der Waals surface area (Å²) < 4.78 is 13.4. The van der Waals surface area contributed by atoms with Crippen LogP contribution in [0.3, 0.4) is 0 Å². The fraction of sp³-hybridized carbons (Fsp3) is 0.562. The van der Waals surface area contributed by atoms with Crippen LogP contribution in [0, 0.1) is 17.1 Å². The molecule has 2 heterocycles. The molecule has 0 saturated carbocycles. The highest BCUT2D eigenvalue weighted by molar-refractivity contribution is 5.37.